The van der Waals surface area contributed by atoms with Crippen LogP contribution in [0.25, 0.3) is 11.0 Å². The molecule has 0 saturated heterocycles. The predicted octanol–water partition coefficient (Wildman–Crippen LogP) is 4.93. The second kappa shape index (κ2) is 5.98. The molecule has 0 N–H and O–H groups in total. The number of nitrogens with zero attached hydrogens (tertiary/aromatic N) is 2. The van der Waals surface area contributed by atoms with E-state index in [0.29, 0.717) is 17.2 Å². The SMILES string of the molecule is CCSC1CCCC1n1c(CCl)nc2cc(C)ccc21. The molecule has 20 heavy (non-hydrogen) atoms. The highest BCUT2D eigenvalue weighted by Crippen LogP contribution is 2.41. The number of imidazole rings is 1. The van der Waals surface area contributed by atoms with Crippen LogP contribution in [0.1, 0.15) is 43.6 Å². The zero-order valence-electron chi connectivity index (χ0n) is 12.1. The van der Waals surface area contributed by atoms with Crippen molar-refractivity contribution in [2.24, 2.45) is 0 Å². The number of hydrogen-bond donors (Lipinski definition) is 0. The summed E-state index contributed by atoms with van der Waals surface area (Å²) in [5.74, 6) is 2.71. The molecule has 4 heteroatoms. The number of benzene rings is 1. The second-order valence-electron chi connectivity index (χ2n) is 5.52. The lowest BCUT2D eigenvalue weighted by Crippen LogP contribution is -2.18. The molecule has 1 aromatic heterocycles. The summed E-state index contributed by atoms with van der Waals surface area (Å²) < 4.78 is 2.42. The quantitative estimate of drug-likeness (QED) is 0.745. The van der Waals surface area contributed by atoms with E-state index < -0.39 is 0 Å². The van der Waals surface area contributed by atoms with Crippen molar-refractivity contribution in [3.05, 3.63) is 29.6 Å². The summed E-state index contributed by atoms with van der Waals surface area (Å²) in [7, 11) is 0. The minimum Gasteiger partial charge on any atom is -0.323 e. The van der Waals surface area contributed by atoms with Gasteiger partial charge in [0.1, 0.15) is 5.82 Å². The first-order chi connectivity index (χ1) is 9.74. The molecule has 108 valence electrons. The molecule has 0 spiro atoms. The Kier molecular flexibility index (Phi) is 4.27. The Morgan fingerprint density at radius 2 is 2.25 bits per heavy atom. The molecule has 1 saturated carbocycles. The molecule has 1 heterocycles. The molecule has 3 rings (SSSR count). The molecule has 0 aliphatic heterocycles. The van der Waals surface area contributed by atoms with Crippen LogP contribution in [0.2, 0.25) is 0 Å². The van der Waals surface area contributed by atoms with E-state index >= 15 is 0 Å². The van der Waals surface area contributed by atoms with Crippen molar-refractivity contribution in [3.63, 3.8) is 0 Å². The fourth-order valence-corrected chi connectivity index (χ4v) is 4.76. The molecule has 2 aromatic rings. The van der Waals surface area contributed by atoms with Crippen molar-refractivity contribution < 1.29 is 0 Å². The summed E-state index contributed by atoms with van der Waals surface area (Å²) in [6, 6.07) is 7.11. The number of rotatable bonds is 4. The Labute approximate surface area is 129 Å². The maximum absolute atomic E-state index is 6.16. The second-order valence-corrected chi connectivity index (χ2v) is 7.30. The lowest BCUT2D eigenvalue weighted by atomic mass is 10.2. The van der Waals surface area contributed by atoms with Gasteiger partial charge in [-0.2, -0.15) is 11.8 Å². The van der Waals surface area contributed by atoms with Crippen LogP contribution in [-0.2, 0) is 5.88 Å². The molecule has 2 nitrogen and oxygen atoms in total. The third-order valence-corrected chi connectivity index (χ3v) is 5.72. The van der Waals surface area contributed by atoms with Gasteiger partial charge in [-0.3, -0.25) is 0 Å². The van der Waals surface area contributed by atoms with Crippen LogP contribution in [0, 0.1) is 6.92 Å². The van der Waals surface area contributed by atoms with E-state index in [4.69, 9.17) is 16.6 Å². The third kappa shape index (κ3) is 2.46. The molecule has 0 radical (unpaired) electrons. The van der Waals surface area contributed by atoms with Gasteiger partial charge in [0.15, 0.2) is 0 Å². The highest BCUT2D eigenvalue weighted by Gasteiger charge is 2.31. The van der Waals surface area contributed by atoms with Crippen LogP contribution in [-0.4, -0.2) is 20.6 Å². The largest absolute Gasteiger partial charge is 0.323 e. The number of thioether (sulfide) groups is 1. The van der Waals surface area contributed by atoms with Crippen LogP contribution in [0.15, 0.2) is 18.2 Å². The van der Waals surface area contributed by atoms with Gasteiger partial charge in [-0.25, -0.2) is 4.98 Å². The third-order valence-electron chi connectivity index (χ3n) is 4.17. The number of halogens is 1. The summed E-state index contributed by atoms with van der Waals surface area (Å²) in [6.07, 6.45) is 3.88. The molecule has 1 aliphatic rings. The van der Waals surface area contributed by atoms with E-state index in [9.17, 15) is 0 Å². The Balaban J connectivity index is 2.09. The monoisotopic (exact) mass is 308 g/mol. The highest BCUT2D eigenvalue weighted by atomic mass is 35.5. The highest BCUT2D eigenvalue weighted by molar-refractivity contribution is 7.99. The van der Waals surface area contributed by atoms with Crippen LogP contribution < -0.4 is 0 Å². The molecule has 2 atom stereocenters. The van der Waals surface area contributed by atoms with Gasteiger partial charge in [0.25, 0.3) is 0 Å². The van der Waals surface area contributed by atoms with Gasteiger partial charge in [-0.05, 0) is 43.2 Å². The van der Waals surface area contributed by atoms with E-state index in [1.54, 1.807) is 0 Å². The molecule has 2 unspecified atom stereocenters. The van der Waals surface area contributed by atoms with Crippen molar-refractivity contribution in [2.75, 3.05) is 5.75 Å². The van der Waals surface area contributed by atoms with Gasteiger partial charge in [-0.1, -0.05) is 19.4 Å². The van der Waals surface area contributed by atoms with E-state index in [1.807, 2.05) is 0 Å². The smallest absolute Gasteiger partial charge is 0.125 e. The van der Waals surface area contributed by atoms with Gasteiger partial charge in [0.2, 0.25) is 0 Å². The topological polar surface area (TPSA) is 17.8 Å². The lowest BCUT2D eigenvalue weighted by molar-refractivity contribution is 0.527. The molecule has 1 fully saturated rings. The summed E-state index contributed by atoms with van der Waals surface area (Å²) in [5.41, 5.74) is 3.60. The predicted molar refractivity (Wildman–Crippen MR) is 88.8 cm³/mol. The maximum atomic E-state index is 6.16. The zero-order valence-corrected chi connectivity index (χ0v) is 13.7. The van der Waals surface area contributed by atoms with Gasteiger partial charge in [-0.15, -0.1) is 11.6 Å². The Morgan fingerprint density at radius 3 is 3.00 bits per heavy atom. The van der Waals surface area contributed by atoms with Crippen molar-refractivity contribution in [1.82, 2.24) is 9.55 Å². The van der Waals surface area contributed by atoms with Crippen molar-refractivity contribution in [3.8, 4) is 0 Å². The van der Waals surface area contributed by atoms with Gasteiger partial charge >= 0.3 is 0 Å². The average Bonchev–Trinajstić information content (AvgIpc) is 3.01. The summed E-state index contributed by atoms with van der Waals surface area (Å²) in [6.45, 7) is 4.36. The van der Waals surface area contributed by atoms with E-state index in [1.165, 1.54) is 36.1 Å². The molecular weight excluding hydrogens is 288 g/mol. The van der Waals surface area contributed by atoms with Crippen molar-refractivity contribution >= 4 is 34.4 Å². The summed E-state index contributed by atoms with van der Waals surface area (Å²) >= 11 is 8.24. The molecule has 1 aliphatic carbocycles. The molecule has 0 bridgehead atoms. The van der Waals surface area contributed by atoms with Crippen molar-refractivity contribution in [1.29, 1.82) is 0 Å². The Hall–Kier alpha value is -0.670. The number of aryl methyl sites for hydroxylation is 1. The number of alkyl halides is 1. The van der Waals surface area contributed by atoms with E-state index in [0.717, 1.165) is 11.3 Å². The van der Waals surface area contributed by atoms with Gasteiger partial charge in [0.05, 0.1) is 16.9 Å². The minimum absolute atomic E-state index is 0.494. The van der Waals surface area contributed by atoms with Crippen LogP contribution in [0.5, 0.6) is 0 Å². The maximum Gasteiger partial charge on any atom is 0.125 e. The number of aromatic nitrogens is 2. The van der Waals surface area contributed by atoms with Gasteiger partial charge in [0, 0.05) is 11.3 Å². The molecule has 1 aromatic carbocycles. The van der Waals surface area contributed by atoms with E-state index in [-0.39, 0.29) is 0 Å². The number of fused-ring (bicyclic) bond motifs is 1. The fourth-order valence-electron chi connectivity index (χ4n) is 3.33. The van der Waals surface area contributed by atoms with Gasteiger partial charge < -0.3 is 4.57 Å². The molecule has 0 amide bonds. The Morgan fingerprint density at radius 1 is 1.40 bits per heavy atom. The van der Waals surface area contributed by atoms with Crippen LogP contribution in [0.4, 0.5) is 0 Å². The summed E-state index contributed by atoms with van der Waals surface area (Å²) in [4.78, 5) is 4.75. The molecular formula is C16H21ClN2S. The first-order valence-corrected chi connectivity index (χ1v) is 8.98. The average molecular weight is 309 g/mol. The zero-order chi connectivity index (χ0) is 14.1. The van der Waals surface area contributed by atoms with Crippen LogP contribution in [0.3, 0.4) is 0 Å². The summed E-state index contributed by atoms with van der Waals surface area (Å²) in [5, 5.41) is 0.709. The van der Waals surface area contributed by atoms with Crippen molar-refractivity contribution in [2.45, 2.75) is 50.3 Å². The fraction of sp³-hybridized carbons (Fsp3) is 0.562. The lowest BCUT2D eigenvalue weighted by Gasteiger charge is -2.23. The van der Waals surface area contributed by atoms with E-state index in [2.05, 4.69) is 48.4 Å². The first kappa shape index (κ1) is 14.3. The van der Waals surface area contributed by atoms with Crippen LogP contribution >= 0.6 is 23.4 Å². The number of hydrogen-bond acceptors (Lipinski definition) is 2. The first-order valence-electron chi connectivity index (χ1n) is 7.39. The standard InChI is InChI=1S/C16H21ClN2S/c1-3-20-15-6-4-5-14(15)19-13-8-7-11(2)9-12(13)18-16(19)10-17/h7-9,14-15H,3-6,10H2,1-2H3. The normalized spacial score (nSPS) is 22.8. The Bertz CT molecular complexity index is 608. The minimum atomic E-state index is 0.494.